The highest BCUT2D eigenvalue weighted by atomic mass is 15.1. The molecular formula is C25H26N4. The fourth-order valence-electron chi connectivity index (χ4n) is 3.48. The number of benzene rings is 1. The van der Waals surface area contributed by atoms with Gasteiger partial charge in [0.15, 0.2) is 0 Å². The molecule has 1 aliphatic rings. The molecule has 0 radical (unpaired) electrons. The molecule has 0 aliphatic carbocycles. The van der Waals surface area contributed by atoms with Crippen molar-refractivity contribution in [2.45, 2.75) is 13.5 Å². The van der Waals surface area contributed by atoms with Gasteiger partial charge in [-0.15, -0.1) is 0 Å². The van der Waals surface area contributed by atoms with Crippen molar-refractivity contribution < 1.29 is 0 Å². The third-order valence-electron chi connectivity index (χ3n) is 5.06. The predicted octanol–water partition coefficient (Wildman–Crippen LogP) is 4.93. The lowest BCUT2D eigenvalue weighted by Crippen LogP contribution is -2.19. The molecule has 0 saturated heterocycles. The Bertz CT molecular complexity index is 1050. The maximum absolute atomic E-state index is 4.67. The van der Waals surface area contributed by atoms with E-state index in [0.29, 0.717) is 0 Å². The van der Waals surface area contributed by atoms with Gasteiger partial charge in [-0.05, 0) is 54.0 Å². The van der Waals surface area contributed by atoms with Gasteiger partial charge in [-0.2, -0.15) is 0 Å². The van der Waals surface area contributed by atoms with Gasteiger partial charge in [0, 0.05) is 62.7 Å². The number of allylic oxidation sites excluding steroid dienone is 2. The number of hydrogen-bond acceptors (Lipinski definition) is 4. The third-order valence-corrected chi connectivity index (χ3v) is 5.06. The van der Waals surface area contributed by atoms with Gasteiger partial charge in [0.05, 0.1) is 5.69 Å². The minimum atomic E-state index is 0.837. The molecule has 4 rings (SSSR count). The molecule has 29 heavy (non-hydrogen) atoms. The Labute approximate surface area is 172 Å². The van der Waals surface area contributed by atoms with Gasteiger partial charge in [-0.1, -0.05) is 30.4 Å². The SMILES string of the molecule is Cc1cc(-c2ccc(CN3C=C(c4cccc(N(C)C)c4)C=CC3)cn2)ccn1. The molecule has 0 spiro atoms. The van der Waals surface area contributed by atoms with E-state index in [1.807, 2.05) is 25.4 Å². The molecule has 0 fully saturated rings. The van der Waals surface area contributed by atoms with Crippen molar-refractivity contribution in [3.63, 3.8) is 0 Å². The van der Waals surface area contributed by atoms with Crippen molar-refractivity contribution in [3.8, 4) is 11.3 Å². The molecule has 4 nitrogen and oxygen atoms in total. The Morgan fingerprint density at radius 2 is 1.90 bits per heavy atom. The molecule has 0 atom stereocenters. The van der Waals surface area contributed by atoms with Crippen molar-refractivity contribution >= 4 is 11.3 Å². The summed E-state index contributed by atoms with van der Waals surface area (Å²) in [6.45, 7) is 3.74. The Morgan fingerprint density at radius 3 is 2.66 bits per heavy atom. The molecule has 0 amide bonds. The van der Waals surface area contributed by atoms with E-state index in [1.54, 1.807) is 0 Å². The summed E-state index contributed by atoms with van der Waals surface area (Å²) in [7, 11) is 4.14. The largest absolute Gasteiger partial charge is 0.378 e. The Kier molecular flexibility index (Phi) is 5.43. The highest BCUT2D eigenvalue weighted by Crippen LogP contribution is 2.25. The number of nitrogens with zero attached hydrogens (tertiary/aromatic N) is 4. The van der Waals surface area contributed by atoms with Gasteiger partial charge in [-0.3, -0.25) is 9.97 Å². The first-order valence-corrected chi connectivity index (χ1v) is 9.86. The van der Waals surface area contributed by atoms with Crippen LogP contribution < -0.4 is 4.90 Å². The fraction of sp³-hybridized carbons (Fsp3) is 0.200. The van der Waals surface area contributed by atoms with Gasteiger partial charge in [0.2, 0.25) is 0 Å². The fourth-order valence-corrected chi connectivity index (χ4v) is 3.48. The standard InChI is InChI=1S/C25H26N4/c1-19-14-22(11-12-26-19)25-10-9-20(16-27-25)17-29-13-5-7-23(18-29)21-6-4-8-24(15-21)28(2)3/h4-12,14-16,18H,13,17H2,1-3H3. The zero-order valence-corrected chi connectivity index (χ0v) is 17.2. The van der Waals surface area contributed by atoms with Crippen LogP contribution in [-0.2, 0) is 6.54 Å². The van der Waals surface area contributed by atoms with Gasteiger partial charge < -0.3 is 9.80 Å². The number of rotatable bonds is 5. The lowest BCUT2D eigenvalue weighted by Gasteiger charge is -2.24. The van der Waals surface area contributed by atoms with E-state index < -0.39 is 0 Å². The van der Waals surface area contributed by atoms with Gasteiger partial charge in [-0.25, -0.2) is 0 Å². The number of aryl methyl sites for hydroxylation is 1. The molecule has 0 saturated carbocycles. The second-order valence-corrected chi connectivity index (χ2v) is 7.60. The van der Waals surface area contributed by atoms with Crippen LogP contribution in [0.3, 0.4) is 0 Å². The highest BCUT2D eigenvalue weighted by molar-refractivity contribution is 5.76. The number of hydrogen-bond donors (Lipinski definition) is 0. The number of aromatic nitrogens is 2. The van der Waals surface area contributed by atoms with E-state index in [9.17, 15) is 0 Å². The van der Waals surface area contributed by atoms with Crippen LogP contribution in [0.25, 0.3) is 16.8 Å². The molecule has 3 aromatic rings. The molecular weight excluding hydrogens is 356 g/mol. The highest BCUT2D eigenvalue weighted by Gasteiger charge is 2.10. The van der Waals surface area contributed by atoms with Gasteiger partial charge in [0.25, 0.3) is 0 Å². The van der Waals surface area contributed by atoms with E-state index in [1.165, 1.54) is 22.4 Å². The lowest BCUT2D eigenvalue weighted by molar-refractivity contribution is 0.407. The maximum Gasteiger partial charge on any atom is 0.0703 e. The van der Waals surface area contributed by atoms with Crippen LogP contribution in [0.1, 0.15) is 16.8 Å². The summed E-state index contributed by atoms with van der Waals surface area (Å²) in [6.07, 6.45) is 10.5. The molecule has 146 valence electrons. The van der Waals surface area contributed by atoms with E-state index in [4.69, 9.17) is 0 Å². The van der Waals surface area contributed by atoms with E-state index in [2.05, 4.69) is 94.7 Å². The smallest absolute Gasteiger partial charge is 0.0703 e. The summed E-state index contributed by atoms with van der Waals surface area (Å²) in [4.78, 5) is 13.4. The first kappa shape index (κ1) is 18.9. The first-order valence-electron chi connectivity index (χ1n) is 9.86. The third kappa shape index (κ3) is 4.54. The summed E-state index contributed by atoms with van der Waals surface area (Å²) in [5.74, 6) is 0. The quantitative estimate of drug-likeness (QED) is 0.626. The molecule has 0 bridgehead atoms. The summed E-state index contributed by atoms with van der Waals surface area (Å²) in [6, 6.07) is 17.0. The van der Waals surface area contributed by atoms with Crippen molar-refractivity contribution in [1.82, 2.24) is 14.9 Å². The monoisotopic (exact) mass is 382 g/mol. The average molecular weight is 383 g/mol. The van der Waals surface area contributed by atoms with E-state index >= 15 is 0 Å². The lowest BCUT2D eigenvalue weighted by atomic mass is 10.0. The zero-order valence-electron chi connectivity index (χ0n) is 17.2. The van der Waals surface area contributed by atoms with Crippen molar-refractivity contribution in [2.75, 3.05) is 25.5 Å². The second-order valence-electron chi connectivity index (χ2n) is 7.60. The van der Waals surface area contributed by atoms with Crippen LogP contribution in [0.4, 0.5) is 5.69 Å². The van der Waals surface area contributed by atoms with Crippen molar-refractivity contribution in [3.05, 3.63) is 96.1 Å². The Balaban J connectivity index is 1.49. The summed E-state index contributed by atoms with van der Waals surface area (Å²) in [5.41, 5.74) is 7.97. The number of pyridine rings is 2. The van der Waals surface area contributed by atoms with Crippen LogP contribution in [0.15, 0.2) is 79.3 Å². The molecule has 0 unspecified atom stereocenters. The minimum Gasteiger partial charge on any atom is -0.378 e. The van der Waals surface area contributed by atoms with Gasteiger partial charge >= 0.3 is 0 Å². The zero-order chi connectivity index (χ0) is 20.2. The van der Waals surface area contributed by atoms with Crippen LogP contribution in [0.2, 0.25) is 0 Å². The average Bonchev–Trinajstić information content (AvgIpc) is 2.74. The predicted molar refractivity (Wildman–Crippen MR) is 121 cm³/mol. The Hall–Kier alpha value is -3.40. The first-order chi connectivity index (χ1) is 14.1. The normalized spacial score (nSPS) is 13.3. The topological polar surface area (TPSA) is 32.3 Å². The number of anilines is 1. The molecule has 4 heteroatoms. The van der Waals surface area contributed by atoms with Crippen molar-refractivity contribution in [1.29, 1.82) is 0 Å². The molecule has 0 N–H and O–H groups in total. The summed E-state index contributed by atoms with van der Waals surface area (Å²) in [5, 5.41) is 0. The van der Waals surface area contributed by atoms with Crippen LogP contribution >= 0.6 is 0 Å². The van der Waals surface area contributed by atoms with E-state index in [-0.39, 0.29) is 0 Å². The molecule has 2 aromatic heterocycles. The van der Waals surface area contributed by atoms with Gasteiger partial charge in [0.1, 0.15) is 0 Å². The minimum absolute atomic E-state index is 0.837. The Morgan fingerprint density at radius 1 is 1.00 bits per heavy atom. The van der Waals surface area contributed by atoms with Crippen LogP contribution in [0.5, 0.6) is 0 Å². The second kappa shape index (κ2) is 8.31. The van der Waals surface area contributed by atoms with Crippen molar-refractivity contribution in [2.24, 2.45) is 0 Å². The van der Waals surface area contributed by atoms with Crippen LogP contribution in [-0.4, -0.2) is 35.5 Å². The van der Waals surface area contributed by atoms with Crippen LogP contribution in [0, 0.1) is 6.92 Å². The summed E-state index contributed by atoms with van der Waals surface area (Å²) < 4.78 is 0. The molecule has 3 heterocycles. The molecule has 1 aliphatic heterocycles. The molecule has 1 aromatic carbocycles. The maximum atomic E-state index is 4.67. The summed E-state index contributed by atoms with van der Waals surface area (Å²) >= 11 is 0. The van der Waals surface area contributed by atoms with E-state index in [0.717, 1.165) is 30.0 Å².